The predicted molar refractivity (Wildman–Crippen MR) is 140 cm³/mol. The molecule has 0 spiro atoms. The number of anilines is 2. The number of halogens is 1. The molecule has 0 fully saturated rings. The van der Waals surface area contributed by atoms with Crippen molar-refractivity contribution in [2.24, 2.45) is 5.41 Å². The Kier molecular flexibility index (Phi) is 6.09. The van der Waals surface area contributed by atoms with Crippen LogP contribution in [0.2, 0.25) is 5.02 Å². The first-order valence-corrected chi connectivity index (χ1v) is 12.5. The van der Waals surface area contributed by atoms with Crippen LogP contribution in [0.5, 0.6) is 5.75 Å². The SMILES string of the molecule is COc1cccc(Sc2ccc3c(c2)NC(c2ccccc2Cl)C2=C(CC(C)(C)CC2=O)N3)c1. The lowest BCUT2D eigenvalue weighted by Gasteiger charge is -2.34. The maximum absolute atomic E-state index is 13.4. The zero-order chi connectivity index (χ0) is 23.9. The summed E-state index contributed by atoms with van der Waals surface area (Å²) in [7, 11) is 1.67. The topological polar surface area (TPSA) is 50.4 Å². The fraction of sp³-hybridized carbons (Fsp3) is 0.250. The van der Waals surface area contributed by atoms with Gasteiger partial charge in [-0.2, -0.15) is 0 Å². The fourth-order valence-electron chi connectivity index (χ4n) is 4.73. The molecule has 5 rings (SSSR count). The molecule has 1 aliphatic heterocycles. The molecule has 3 aromatic rings. The van der Waals surface area contributed by atoms with Crippen LogP contribution in [0, 0.1) is 5.41 Å². The number of hydrogen-bond donors (Lipinski definition) is 2. The Morgan fingerprint density at radius 1 is 0.971 bits per heavy atom. The van der Waals surface area contributed by atoms with Gasteiger partial charge < -0.3 is 15.4 Å². The molecular formula is C28H27ClN2O2S. The Morgan fingerprint density at radius 3 is 2.56 bits per heavy atom. The standard InChI is InChI=1S/C28H27ClN2O2S/c1-28(2)15-24-26(25(32)16-28)27(20-9-4-5-10-21(20)29)31-23-14-19(11-12-22(23)30-24)34-18-8-6-7-17(13-18)33-3/h4-14,27,30-31H,15-16H2,1-3H3. The second-order valence-electron chi connectivity index (χ2n) is 9.55. The van der Waals surface area contributed by atoms with Gasteiger partial charge in [0.1, 0.15) is 5.75 Å². The average molecular weight is 491 g/mol. The summed E-state index contributed by atoms with van der Waals surface area (Å²) in [6, 6.07) is 21.8. The van der Waals surface area contributed by atoms with Gasteiger partial charge in [0.15, 0.2) is 5.78 Å². The second kappa shape index (κ2) is 9.05. The number of methoxy groups -OCH3 is 1. The molecular weight excluding hydrogens is 464 g/mol. The highest BCUT2D eigenvalue weighted by molar-refractivity contribution is 7.99. The van der Waals surface area contributed by atoms with Crippen molar-refractivity contribution in [2.45, 2.75) is 42.5 Å². The van der Waals surface area contributed by atoms with E-state index in [0.717, 1.165) is 50.2 Å². The van der Waals surface area contributed by atoms with Crippen LogP contribution in [0.1, 0.15) is 38.3 Å². The minimum Gasteiger partial charge on any atom is -0.497 e. The molecule has 2 N–H and O–H groups in total. The first kappa shape index (κ1) is 22.9. The van der Waals surface area contributed by atoms with Gasteiger partial charge in [-0.05, 0) is 59.9 Å². The third kappa shape index (κ3) is 4.55. The Labute approximate surface area is 209 Å². The lowest BCUT2D eigenvalue weighted by atomic mass is 9.73. The highest BCUT2D eigenvalue weighted by Gasteiger charge is 2.39. The Balaban J connectivity index is 1.56. The van der Waals surface area contributed by atoms with E-state index in [-0.39, 0.29) is 17.2 Å². The predicted octanol–water partition coefficient (Wildman–Crippen LogP) is 7.72. The van der Waals surface area contributed by atoms with Gasteiger partial charge in [0.2, 0.25) is 0 Å². The zero-order valence-corrected chi connectivity index (χ0v) is 21.0. The van der Waals surface area contributed by atoms with Crippen LogP contribution < -0.4 is 15.4 Å². The van der Waals surface area contributed by atoms with Crippen LogP contribution in [0.3, 0.4) is 0 Å². The van der Waals surface area contributed by atoms with E-state index in [1.165, 1.54) is 0 Å². The largest absolute Gasteiger partial charge is 0.497 e. The highest BCUT2D eigenvalue weighted by atomic mass is 35.5. The van der Waals surface area contributed by atoms with Crippen molar-refractivity contribution in [2.75, 3.05) is 17.7 Å². The summed E-state index contributed by atoms with van der Waals surface area (Å²) in [6.45, 7) is 4.29. The third-order valence-corrected chi connectivity index (χ3v) is 7.60. The molecule has 0 radical (unpaired) electrons. The molecule has 0 amide bonds. The van der Waals surface area contributed by atoms with Gasteiger partial charge in [0, 0.05) is 32.5 Å². The lowest BCUT2D eigenvalue weighted by Crippen LogP contribution is -2.31. The number of ether oxygens (including phenoxy) is 1. The molecule has 0 saturated carbocycles. The molecule has 34 heavy (non-hydrogen) atoms. The molecule has 1 heterocycles. The van der Waals surface area contributed by atoms with Gasteiger partial charge in [-0.15, -0.1) is 0 Å². The molecule has 2 aliphatic rings. The molecule has 0 saturated heterocycles. The van der Waals surface area contributed by atoms with E-state index >= 15 is 0 Å². The van der Waals surface area contributed by atoms with Crippen molar-refractivity contribution in [3.05, 3.63) is 88.6 Å². The number of allylic oxidation sites excluding steroid dienone is 1. The minimum atomic E-state index is -0.321. The second-order valence-corrected chi connectivity index (χ2v) is 11.1. The monoisotopic (exact) mass is 490 g/mol. The van der Waals surface area contributed by atoms with E-state index in [1.807, 2.05) is 42.5 Å². The highest BCUT2D eigenvalue weighted by Crippen LogP contribution is 2.47. The van der Waals surface area contributed by atoms with Gasteiger partial charge in [-0.1, -0.05) is 61.5 Å². The van der Waals surface area contributed by atoms with Gasteiger partial charge in [-0.3, -0.25) is 4.79 Å². The molecule has 6 heteroatoms. The van der Waals surface area contributed by atoms with Crippen molar-refractivity contribution in [1.29, 1.82) is 0 Å². The van der Waals surface area contributed by atoms with E-state index in [0.29, 0.717) is 11.4 Å². The number of rotatable bonds is 4. The first-order chi connectivity index (χ1) is 16.3. The summed E-state index contributed by atoms with van der Waals surface area (Å²) in [5, 5.41) is 7.91. The molecule has 4 nitrogen and oxygen atoms in total. The van der Waals surface area contributed by atoms with Crippen LogP contribution in [-0.4, -0.2) is 12.9 Å². The summed E-state index contributed by atoms with van der Waals surface area (Å²) in [5.74, 6) is 0.992. The normalized spacial score (nSPS) is 18.8. The Morgan fingerprint density at radius 2 is 1.76 bits per heavy atom. The smallest absolute Gasteiger partial charge is 0.163 e. The van der Waals surface area contributed by atoms with Gasteiger partial charge in [0.05, 0.1) is 24.5 Å². The van der Waals surface area contributed by atoms with E-state index in [1.54, 1.807) is 18.9 Å². The van der Waals surface area contributed by atoms with Gasteiger partial charge >= 0.3 is 0 Å². The number of carbonyl (C=O) groups excluding carboxylic acids is 1. The molecule has 1 aliphatic carbocycles. The average Bonchev–Trinajstić information content (AvgIpc) is 2.95. The minimum absolute atomic E-state index is 0.0966. The summed E-state index contributed by atoms with van der Waals surface area (Å²) < 4.78 is 5.37. The molecule has 0 bridgehead atoms. The number of carbonyl (C=O) groups is 1. The summed E-state index contributed by atoms with van der Waals surface area (Å²) in [4.78, 5) is 15.6. The zero-order valence-electron chi connectivity index (χ0n) is 19.4. The van der Waals surface area contributed by atoms with Gasteiger partial charge in [0.25, 0.3) is 0 Å². The van der Waals surface area contributed by atoms with Crippen molar-refractivity contribution >= 4 is 40.5 Å². The van der Waals surface area contributed by atoms with E-state index in [9.17, 15) is 4.79 Å². The Hall–Kier alpha value is -2.89. The van der Waals surface area contributed by atoms with E-state index in [2.05, 4.69) is 48.7 Å². The number of nitrogens with one attached hydrogen (secondary N) is 2. The fourth-order valence-corrected chi connectivity index (χ4v) is 5.88. The lowest BCUT2D eigenvalue weighted by molar-refractivity contribution is -0.118. The summed E-state index contributed by atoms with van der Waals surface area (Å²) in [6.07, 6.45) is 1.32. The molecule has 3 aromatic carbocycles. The van der Waals surface area contributed by atoms with Crippen LogP contribution in [-0.2, 0) is 4.79 Å². The number of benzene rings is 3. The Bertz CT molecular complexity index is 1300. The molecule has 1 unspecified atom stereocenters. The van der Waals surface area contributed by atoms with Crippen molar-refractivity contribution < 1.29 is 9.53 Å². The van der Waals surface area contributed by atoms with Crippen molar-refractivity contribution in [1.82, 2.24) is 0 Å². The maximum Gasteiger partial charge on any atom is 0.163 e. The van der Waals surface area contributed by atoms with E-state index in [4.69, 9.17) is 16.3 Å². The molecule has 1 atom stereocenters. The van der Waals surface area contributed by atoms with Crippen molar-refractivity contribution in [3.63, 3.8) is 0 Å². The van der Waals surface area contributed by atoms with Crippen molar-refractivity contribution in [3.8, 4) is 5.75 Å². The van der Waals surface area contributed by atoms with Crippen LogP contribution in [0.4, 0.5) is 11.4 Å². The van der Waals surface area contributed by atoms with Crippen LogP contribution in [0.25, 0.3) is 0 Å². The summed E-state index contributed by atoms with van der Waals surface area (Å²) in [5.41, 5.74) is 4.47. The third-order valence-electron chi connectivity index (χ3n) is 6.28. The first-order valence-electron chi connectivity index (χ1n) is 11.3. The van der Waals surface area contributed by atoms with Crippen LogP contribution in [0.15, 0.2) is 87.8 Å². The van der Waals surface area contributed by atoms with Gasteiger partial charge in [-0.25, -0.2) is 0 Å². The maximum atomic E-state index is 13.4. The molecule has 0 aromatic heterocycles. The molecule has 174 valence electrons. The van der Waals surface area contributed by atoms with Crippen LogP contribution >= 0.6 is 23.4 Å². The number of Topliss-reactive ketones (excluding diaryl/α,β-unsaturated/α-hetero) is 1. The quantitative estimate of drug-likeness (QED) is 0.392. The number of ketones is 1. The number of hydrogen-bond acceptors (Lipinski definition) is 5. The number of fused-ring (bicyclic) bond motifs is 1. The van der Waals surface area contributed by atoms with E-state index < -0.39 is 0 Å². The summed E-state index contributed by atoms with van der Waals surface area (Å²) >= 11 is 8.30.